The van der Waals surface area contributed by atoms with Crippen LogP contribution >= 0.6 is 0 Å². The van der Waals surface area contributed by atoms with E-state index in [1.54, 1.807) is 0 Å². The Balaban J connectivity index is 0.000000371. The van der Waals surface area contributed by atoms with Crippen molar-refractivity contribution in [2.75, 3.05) is 0 Å². The van der Waals surface area contributed by atoms with Crippen molar-refractivity contribution in [3.8, 4) is 0 Å². The molecular formula is C9H18O. The number of rotatable bonds is 1. The van der Waals surface area contributed by atoms with E-state index in [0.29, 0.717) is 5.78 Å². The van der Waals surface area contributed by atoms with Crippen LogP contribution in [0, 0.1) is 5.92 Å². The molecule has 1 atom stereocenters. The van der Waals surface area contributed by atoms with E-state index in [0.717, 1.165) is 25.2 Å². The number of ketones is 1. The lowest BCUT2D eigenvalue weighted by Gasteiger charge is -1.98. The molecule has 0 spiro atoms. The predicted molar refractivity (Wildman–Crippen MR) is 44.0 cm³/mol. The summed E-state index contributed by atoms with van der Waals surface area (Å²) < 4.78 is 0. The maximum Gasteiger partial charge on any atom is 0.133 e. The Morgan fingerprint density at radius 3 is 2.30 bits per heavy atom. The summed E-state index contributed by atoms with van der Waals surface area (Å²) in [6.45, 7) is 6.16. The van der Waals surface area contributed by atoms with Gasteiger partial charge in [-0.1, -0.05) is 27.2 Å². The maximum atomic E-state index is 10.6. The summed E-state index contributed by atoms with van der Waals surface area (Å²) >= 11 is 0. The zero-order chi connectivity index (χ0) is 7.98. The molecule has 0 N–H and O–H groups in total. The highest BCUT2D eigenvalue weighted by atomic mass is 16.1. The predicted octanol–water partition coefficient (Wildman–Crippen LogP) is 2.79. The van der Waals surface area contributed by atoms with Crippen LogP contribution in [0.1, 0.15) is 46.5 Å². The van der Waals surface area contributed by atoms with Crippen LogP contribution in [-0.2, 0) is 4.79 Å². The van der Waals surface area contributed by atoms with Gasteiger partial charge in [0, 0.05) is 12.8 Å². The van der Waals surface area contributed by atoms with Gasteiger partial charge in [-0.3, -0.25) is 4.79 Å². The molecule has 0 heterocycles. The fourth-order valence-corrected chi connectivity index (χ4v) is 1.24. The van der Waals surface area contributed by atoms with E-state index in [-0.39, 0.29) is 0 Å². The van der Waals surface area contributed by atoms with Crippen LogP contribution in [0.2, 0.25) is 0 Å². The Morgan fingerprint density at radius 2 is 2.10 bits per heavy atom. The lowest BCUT2D eigenvalue weighted by atomic mass is 10.1. The van der Waals surface area contributed by atoms with E-state index >= 15 is 0 Å². The summed E-state index contributed by atoms with van der Waals surface area (Å²) in [6.07, 6.45) is 4.04. The summed E-state index contributed by atoms with van der Waals surface area (Å²) in [5.74, 6) is 1.19. The first-order valence-corrected chi connectivity index (χ1v) is 4.34. The Kier molecular flexibility index (Phi) is 5.27. The molecule has 1 saturated carbocycles. The minimum atomic E-state index is 0.469. The maximum absolute atomic E-state index is 10.6. The van der Waals surface area contributed by atoms with Gasteiger partial charge >= 0.3 is 0 Å². The monoisotopic (exact) mass is 142 g/mol. The SMILES string of the molecule is CC.CCC1CCC(=O)C1. The quantitative estimate of drug-likeness (QED) is 0.550. The fraction of sp³-hybridized carbons (Fsp3) is 0.889. The number of hydrogen-bond donors (Lipinski definition) is 0. The van der Waals surface area contributed by atoms with Crippen molar-refractivity contribution in [2.24, 2.45) is 5.92 Å². The van der Waals surface area contributed by atoms with Crippen molar-refractivity contribution in [1.82, 2.24) is 0 Å². The summed E-state index contributed by atoms with van der Waals surface area (Å²) in [5.41, 5.74) is 0. The summed E-state index contributed by atoms with van der Waals surface area (Å²) in [6, 6.07) is 0. The summed E-state index contributed by atoms with van der Waals surface area (Å²) in [7, 11) is 0. The van der Waals surface area contributed by atoms with Gasteiger partial charge in [0.1, 0.15) is 5.78 Å². The highest BCUT2D eigenvalue weighted by Crippen LogP contribution is 2.23. The van der Waals surface area contributed by atoms with Gasteiger partial charge < -0.3 is 0 Å². The van der Waals surface area contributed by atoms with Crippen LogP contribution in [0.15, 0.2) is 0 Å². The Morgan fingerprint density at radius 1 is 1.50 bits per heavy atom. The third kappa shape index (κ3) is 3.00. The average Bonchev–Trinajstić information content (AvgIpc) is 2.40. The van der Waals surface area contributed by atoms with E-state index in [1.807, 2.05) is 13.8 Å². The molecule has 1 nitrogen and oxygen atoms in total. The van der Waals surface area contributed by atoms with E-state index in [1.165, 1.54) is 6.42 Å². The van der Waals surface area contributed by atoms with E-state index in [9.17, 15) is 4.79 Å². The van der Waals surface area contributed by atoms with Gasteiger partial charge in [0.25, 0.3) is 0 Å². The van der Waals surface area contributed by atoms with Crippen LogP contribution in [0.4, 0.5) is 0 Å². The van der Waals surface area contributed by atoms with Crippen molar-refractivity contribution >= 4 is 5.78 Å². The van der Waals surface area contributed by atoms with Crippen LogP contribution in [0.5, 0.6) is 0 Å². The molecule has 1 aliphatic carbocycles. The second kappa shape index (κ2) is 5.45. The van der Waals surface area contributed by atoms with E-state index in [2.05, 4.69) is 6.92 Å². The van der Waals surface area contributed by atoms with Crippen LogP contribution in [0.25, 0.3) is 0 Å². The third-order valence-corrected chi connectivity index (χ3v) is 1.93. The molecule has 0 aromatic rings. The largest absolute Gasteiger partial charge is 0.300 e. The zero-order valence-electron chi connectivity index (χ0n) is 7.31. The molecule has 10 heavy (non-hydrogen) atoms. The topological polar surface area (TPSA) is 17.1 Å². The minimum Gasteiger partial charge on any atom is -0.300 e. The molecule has 60 valence electrons. The van der Waals surface area contributed by atoms with Crippen molar-refractivity contribution in [3.63, 3.8) is 0 Å². The van der Waals surface area contributed by atoms with Gasteiger partial charge in [0.2, 0.25) is 0 Å². The highest BCUT2D eigenvalue weighted by molar-refractivity contribution is 5.80. The van der Waals surface area contributed by atoms with Crippen LogP contribution < -0.4 is 0 Å². The molecule has 0 radical (unpaired) electrons. The van der Waals surface area contributed by atoms with E-state index in [4.69, 9.17) is 0 Å². The molecule has 1 fully saturated rings. The van der Waals surface area contributed by atoms with Gasteiger partial charge in [-0.25, -0.2) is 0 Å². The number of carbonyl (C=O) groups is 1. The first-order chi connectivity index (χ1) is 4.83. The molecule has 0 aromatic heterocycles. The fourth-order valence-electron chi connectivity index (χ4n) is 1.24. The second-order valence-corrected chi connectivity index (χ2v) is 2.56. The Bertz CT molecular complexity index is 96.9. The first-order valence-electron chi connectivity index (χ1n) is 4.34. The Hall–Kier alpha value is -0.330. The molecule has 0 amide bonds. The zero-order valence-corrected chi connectivity index (χ0v) is 7.31. The van der Waals surface area contributed by atoms with Crippen molar-refractivity contribution in [2.45, 2.75) is 46.5 Å². The lowest BCUT2D eigenvalue weighted by Crippen LogP contribution is -1.91. The van der Waals surface area contributed by atoms with Crippen molar-refractivity contribution in [3.05, 3.63) is 0 Å². The van der Waals surface area contributed by atoms with Gasteiger partial charge in [-0.2, -0.15) is 0 Å². The summed E-state index contributed by atoms with van der Waals surface area (Å²) in [4.78, 5) is 10.6. The molecular weight excluding hydrogens is 124 g/mol. The minimum absolute atomic E-state index is 0.469. The molecule has 1 heteroatoms. The van der Waals surface area contributed by atoms with Gasteiger partial charge in [0.05, 0.1) is 0 Å². The first kappa shape index (κ1) is 9.67. The lowest BCUT2D eigenvalue weighted by molar-refractivity contribution is -0.117. The second-order valence-electron chi connectivity index (χ2n) is 2.56. The third-order valence-electron chi connectivity index (χ3n) is 1.93. The van der Waals surface area contributed by atoms with Crippen LogP contribution in [-0.4, -0.2) is 5.78 Å². The molecule has 1 rings (SSSR count). The van der Waals surface area contributed by atoms with Crippen LogP contribution in [0.3, 0.4) is 0 Å². The number of carbonyl (C=O) groups excluding carboxylic acids is 1. The normalized spacial score (nSPS) is 23.9. The van der Waals surface area contributed by atoms with E-state index < -0.39 is 0 Å². The average molecular weight is 142 g/mol. The smallest absolute Gasteiger partial charge is 0.133 e. The molecule has 1 unspecified atom stereocenters. The standard InChI is InChI=1S/C7H12O.C2H6/c1-2-6-3-4-7(8)5-6;1-2/h6H,2-5H2,1H3;1-2H3. The molecule has 0 saturated heterocycles. The van der Waals surface area contributed by atoms with Gasteiger partial charge in [-0.15, -0.1) is 0 Å². The highest BCUT2D eigenvalue weighted by Gasteiger charge is 2.19. The molecule has 0 aromatic carbocycles. The number of hydrogen-bond acceptors (Lipinski definition) is 1. The Labute approximate surface area is 63.8 Å². The molecule has 0 aliphatic heterocycles. The van der Waals surface area contributed by atoms with Gasteiger partial charge in [0.15, 0.2) is 0 Å². The molecule has 0 bridgehead atoms. The summed E-state index contributed by atoms with van der Waals surface area (Å²) in [5, 5.41) is 0. The van der Waals surface area contributed by atoms with Gasteiger partial charge in [-0.05, 0) is 12.3 Å². The number of Topliss-reactive ketones (excluding diaryl/α,β-unsaturated/α-hetero) is 1. The molecule has 1 aliphatic rings. The van der Waals surface area contributed by atoms with Crippen molar-refractivity contribution in [1.29, 1.82) is 0 Å². The van der Waals surface area contributed by atoms with Crippen molar-refractivity contribution < 1.29 is 4.79 Å².